The third-order valence-corrected chi connectivity index (χ3v) is 3.54. The van der Waals surface area contributed by atoms with Crippen LogP contribution in [0.1, 0.15) is 12.8 Å². The summed E-state index contributed by atoms with van der Waals surface area (Å²) in [5.41, 5.74) is 5.16. The van der Waals surface area contributed by atoms with Crippen LogP contribution in [0.4, 0.5) is 0 Å². The van der Waals surface area contributed by atoms with E-state index in [1.807, 2.05) is 0 Å². The standard InChI is InChI=1S/C10H20N4O/c11-9(15)10(2-1-3-13-8-10)14-6-4-12-5-7-14/h12-13H,1-8H2,(H2,11,15). The van der Waals surface area contributed by atoms with Gasteiger partial charge in [-0.2, -0.15) is 0 Å². The monoisotopic (exact) mass is 212 g/mol. The van der Waals surface area contributed by atoms with Gasteiger partial charge in [0.15, 0.2) is 0 Å². The number of rotatable bonds is 2. The van der Waals surface area contributed by atoms with Gasteiger partial charge in [-0.3, -0.25) is 9.69 Å². The molecule has 0 aromatic carbocycles. The number of carbonyl (C=O) groups excluding carboxylic acids is 1. The van der Waals surface area contributed by atoms with Gasteiger partial charge in [0.25, 0.3) is 0 Å². The average Bonchev–Trinajstić information content (AvgIpc) is 2.31. The average molecular weight is 212 g/mol. The molecule has 2 aliphatic rings. The summed E-state index contributed by atoms with van der Waals surface area (Å²) < 4.78 is 0. The fourth-order valence-electron chi connectivity index (χ4n) is 2.62. The van der Waals surface area contributed by atoms with Gasteiger partial charge in [-0.1, -0.05) is 0 Å². The molecule has 2 aliphatic heterocycles. The highest BCUT2D eigenvalue weighted by Crippen LogP contribution is 2.24. The van der Waals surface area contributed by atoms with Gasteiger partial charge in [-0.15, -0.1) is 0 Å². The number of hydrogen-bond donors (Lipinski definition) is 3. The van der Waals surface area contributed by atoms with Gasteiger partial charge < -0.3 is 16.4 Å². The van der Waals surface area contributed by atoms with E-state index in [0.29, 0.717) is 6.54 Å². The van der Waals surface area contributed by atoms with Crippen molar-refractivity contribution in [2.45, 2.75) is 18.4 Å². The molecular formula is C10H20N4O. The highest BCUT2D eigenvalue weighted by molar-refractivity contribution is 5.85. The molecule has 0 radical (unpaired) electrons. The Kier molecular flexibility index (Phi) is 3.23. The first-order chi connectivity index (χ1) is 7.26. The Bertz CT molecular complexity index is 232. The number of primary amides is 1. The van der Waals surface area contributed by atoms with Crippen molar-refractivity contribution in [1.29, 1.82) is 0 Å². The first-order valence-electron chi connectivity index (χ1n) is 5.72. The van der Waals surface area contributed by atoms with E-state index in [1.165, 1.54) is 0 Å². The Balaban J connectivity index is 2.12. The van der Waals surface area contributed by atoms with Crippen LogP contribution < -0.4 is 16.4 Å². The molecular weight excluding hydrogens is 192 g/mol. The van der Waals surface area contributed by atoms with Crippen molar-refractivity contribution in [2.24, 2.45) is 5.73 Å². The molecule has 4 N–H and O–H groups in total. The molecule has 0 aromatic rings. The first-order valence-corrected chi connectivity index (χ1v) is 5.72. The maximum absolute atomic E-state index is 11.7. The zero-order chi connectivity index (χ0) is 10.7. The second-order valence-electron chi connectivity index (χ2n) is 4.41. The molecule has 2 heterocycles. The highest BCUT2D eigenvalue weighted by atomic mass is 16.1. The zero-order valence-corrected chi connectivity index (χ0v) is 9.09. The summed E-state index contributed by atoms with van der Waals surface area (Å²) in [5.74, 6) is -0.170. The second-order valence-corrected chi connectivity index (χ2v) is 4.41. The van der Waals surface area contributed by atoms with E-state index in [0.717, 1.165) is 45.6 Å². The molecule has 2 saturated heterocycles. The summed E-state index contributed by atoms with van der Waals surface area (Å²) in [7, 11) is 0. The van der Waals surface area contributed by atoms with Crippen molar-refractivity contribution >= 4 is 5.91 Å². The number of piperidine rings is 1. The number of nitrogens with two attached hydrogens (primary N) is 1. The molecule has 1 unspecified atom stereocenters. The number of nitrogens with one attached hydrogen (secondary N) is 2. The normalized spacial score (nSPS) is 33.9. The van der Waals surface area contributed by atoms with Crippen LogP contribution in [0.25, 0.3) is 0 Å². The van der Waals surface area contributed by atoms with Gasteiger partial charge in [-0.05, 0) is 19.4 Å². The fourth-order valence-corrected chi connectivity index (χ4v) is 2.62. The third-order valence-electron chi connectivity index (χ3n) is 3.54. The second kappa shape index (κ2) is 4.47. The van der Waals surface area contributed by atoms with Gasteiger partial charge in [0.05, 0.1) is 0 Å². The number of hydrogen-bond acceptors (Lipinski definition) is 4. The van der Waals surface area contributed by atoms with Gasteiger partial charge in [0, 0.05) is 32.7 Å². The van der Waals surface area contributed by atoms with Crippen LogP contribution in [0.15, 0.2) is 0 Å². The van der Waals surface area contributed by atoms with Crippen LogP contribution in [0.5, 0.6) is 0 Å². The molecule has 1 amide bonds. The Morgan fingerprint density at radius 2 is 1.93 bits per heavy atom. The first kappa shape index (κ1) is 10.9. The summed E-state index contributed by atoms with van der Waals surface area (Å²) in [6.45, 7) is 5.46. The molecule has 0 aromatic heterocycles. The van der Waals surface area contributed by atoms with E-state index in [9.17, 15) is 4.79 Å². The lowest BCUT2D eigenvalue weighted by atomic mass is 9.87. The summed E-state index contributed by atoms with van der Waals surface area (Å²) in [4.78, 5) is 13.9. The van der Waals surface area contributed by atoms with E-state index < -0.39 is 5.54 Å². The lowest BCUT2D eigenvalue weighted by Gasteiger charge is -2.46. The van der Waals surface area contributed by atoms with E-state index in [4.69, 9.17) is 5.73 Å². The summed E-state index contributed by atoms with van der Waals surface area (Å²) in [5, 5.41) is 6.59. The van der Waals surface area contributed by atoms with E-state index in [1.54, 1.807) is 0 Å². The Labute approximate surface area is 90.4 Å². The van der Waals surface area contributed by atoms with Crippen LogP contribution in [-0.2, 0) is 4.79 Å². The zero-order valence-electron chi connectivity index (χ0n) is 9.09. The van der Waals surface area contributed by atoms with E-state index in [2.05, 4.69) is 15.5 Å². The van der Waals surface area contributed by atoms with Crippen molar-refractivity contribution < 1.29 is 4.79 Å². The largest absolute Gasteiger partial charge is 0.368 e. The molecule has 0 bridgehead atoms. The molecule has 0 saturated carbocycles. The minimum atomic E-state index is -0.430. The minimum absolute atomic E-state index is 0.170. The number of nitrogens with zero attached hydrogens (tertiary/aromatic N) is 1. The summed E-state index contributed by atoms with van der Waals surface area (Å²) >= 11 is 0. The molecule has 0 aliphatic carbocycles. The van der Waals surface area contributed by atoms with Crippen LogP contribution in [0, 0.1) is 0 Å². The van der Waals surface area contributed by atoms with Crippen molar-refractivity contribution in [1.82, 2.24) is 15.5 Å². The minimum Gasteiger partial charge on any atom is -0.368 e. The van der Waals surface area contributed by atoms with Crippen LogP contribution in [-0.4, -0.2) is 55.6 Å². The fraction of sp³-hybridized carbons (Fsp3) is 0.900. The molecule has 86 valence electrons. The van der Waals surface area contributed by atoms with Crippen molar-refractivity contribution in [2.75, 3.05) is 39.3 Å². The van der Waals surface area contributed by atoms with E-state index >= 15 is 0 Å². The lowest BCUT2D eigenvalue weighted by Crippen LogP contribution is -2.67. The number of amides is 1. The molecule has 15 heavy (non-hydrogen) atoms. The van der Waals surface area contributed by atoms with Crippen LogP contribution in [0.2, 0.25) is 0 Å². The topological polar surface area (TPSA) is 70.4 Å². The van der Waals surface area contributed by atoms with Crippen LogP contribution >= 0.6 is 0 Å². The molecule has 5 nitrogen and oxygen atoms in total. The quantitative estimate of drug-likeness (QED) is 0.521. The molecule has 5 heteroatoms. The van der Waals surface area contributed by atoms with Gasteiger partial charge >= 0.3 is 0 Å². The number of carbonyl (C=O) groups is 1. The molecule has 2 fully saturated rings. The predicted molar refractivity (Wildman–Crippen MR) is 58.5 cm³/mol. The number of piperazine rings is 1. The maximum atomic E-state index is 11.7. The highest BCUT2D eigenvalue weighted by Gasteiger charge is 2.43. The smallest absolute Gasteiger partial charge is 0.239 e. The predicted octanol–water partition coefficient (Wildman–Crippen LogP) is -1.50. The summed E-state index contributed by atoms with van der Waals surface area (Å²) in [6, 6.07) is 0. The van der Waals surface area contributed by atoms with E-state index in [-0.39, 0.29) is 5.91 Å². The molecule has 2 rings (SSSR count). The lowest BCUT2D eigenvalue weighted by molar-refractivity contribution is -0.132. The van der Waals surface area contributed by atoms with Crippen molar-refractivity contribution in [3.63, 3.8) is 0 Å². The van der Waals surface area contributed by atoms with Gasteiger partial charge in [0.1, 0.15) is 5.54 Å². The van der Waals surface area contributed by atoms with Crippen LogP contribution in [0.3, 0.4) is 0 Å². The third kappa shape index (κ3) is 2.00. The van der Waals surface area contributed by atoms with Crippen molar-refractivity contribution in [3.05, 3.63) is 0 Å². The maximum Gasteiger partial charge on any atom is 0.239 e. The Hall–Kier alpha value is -0.650. The molecule has 1 atom stereocenters. The van der Waals surface area contributed by atoms with Gasteiger partial charge in [-0.25, -0.2) is 0 Å². The SMILES string of the molecule is NC(=O)C1(N2CCNCC2)CCCNC1. The molecule has 0 spiro atoms. The Morgan fingerprint density at radius 3 is 2.47 bits per heavy atom. The summed E-state index contributed by atoms with van der Waals surface area (Å²) in [6.07, 6.45) is 1.93. The van der Waals surface area contributed by atoms with Crippen molar-refractivity contribution in [3.8, 4) is 0 Å². The van der Waals surface area contributed by atoms with Gasteiger partial charge in [0.2, 0.25) is 5.91 Å². The Morgan fingerprint density at radius 1 is 1.20 bits per heavy atom.